The lowest BCUT2D eigenvalue weighted by atomic mass is 10.1. The third-order valence-corrected chi connectivity index (χ3v) is 4.18. The van der Waals surface area contributed by atoms with E-state index in [9.17, 15) is 14.4 Å². The molecule has 146 valence electrons. The van der Waals surface area contributed by atoms with Gasteiger partial charge in [0.25, 0.3) is 0 Å². The molecule has 1 aromatic heterocycles. The van der Waals surface area contributed by atoms with Gasteiger partial charge in [-0.3, -0.25) is 14.4 Å². The van der Waals surface area contributed by atoms with E-state index in [2.05, 4.69) is 20.6 Å². The van der Waals surface area contributed by atoms with Gasteiger partial charge in [-0.15, -0.1) is 0 Å². The van der Waals surface area contributed by atoms with Crippen molar-refractivity contribution in [1.82, 2.24) is 20.6 Å². The fraction of sp³-hybridized carbons (Fsp3) is 0.667. The first-order valence-electron chi connectivity index (χ1n) is 9.30. The molecule has 1 atom stereocenters. The Hall–Kier alpha value is -2.38. The Balaban J connectivity index is 2.02. The molecule has 0 saturated heterocycles. The third kappa shape index (κ3) is 10.5. The maximum atomic E-state index is 12.1. The highest BCUT2D eigenvalue weighted by atomic mass is 16.4. The Morgan fingerprint density at radius 2 is 1.77 bits per heavy atom. The number of hydrogen-bond donors (Lipinski definition) is 4. The van der Waals surface area contributed by atoms with Crippen molar-refractivity contribution in [3.8, 4) is 0 Å². The molecule has 2 amide bonds. The third-order valence-electron chi connectivity index (χ3n) is 4.18. The van der Waals surface area contributed by atoms with Gasteiger partial charge >= 0.3 is 5.97 Å². The molecule has 0 bridgehead atoms. The number of unbranched alkanes of at least 4 members (excludes halogenated alkanes) is 7. The average molecular weight is 366 g/mol. The Kier molecular flexibility index (Phi) is 11.5. The number of hydrogen-bond acceptors (Lipinski definition) is 4. The Morgan fingerprint density at radius 1 is 1.12 bits per heavy atom. The van der Waals surface area contributed by atoms with Crippen LogP contribution in [0.1, 0.15) is 63.5 Å². The number of amides is 2. The van der Waals surface area contributed by atoms with Crippen LogP contribution in [-0.2, 0) is 20.8 Å². The zero-order valence-electron chi connectivity index (χ0n) is 15.2. The molecular formula is C18H30N4O4. The lowest BCUT2D eigenvalue weighted by Gasteiger charge is -2.15. The minimum atomic E-state index is -0.720. The van der Waals surface area contributed by atoms with Crippen LogP contribution in [0.2, 0.25) is 0 Å². The number of nitrogens with zero attached hydrogens (tertiary/aromatic N) is 1. The molecule has 26 heavy (non-hydrogen) atoms. The average Bonchev–Trinajstić information content (AvgIpc) is 3.12. The van der Waals surface area contributed by atoms with Crippen molar-refractivity contribution in [3.63, 3.8) is 0 Å². The number of carboxylic acid groups (broad SMARTS) is 1. The maximum absolute atomic E-state index is 12.1. The number of carboxylic acids is 1. The highest BCUT2D eigenvalue weighted by molar-refractivity contribution is 5.83. The predicted molar refractivity (Wildman–Crippen MR) is 97.5 cm³/mol. The van der Waals surface area contributed by atoms with Crippen molar-refractivity contribution in [1.29, 1.82) is 0 Å². The van der Waals surface area contributed by atoms with Crippen molar-refractivity contribution in [2.45, 2.75) is 70.3 Å². The smallest absolute Gasteiger partial charge is 0.303 e. The van der Waals surface area contributed by atoms with E-state index in [4.69, 9.17) is 5.11 Å². The van der Waals surface area contributed by atoms with Crippen LogP contribution in [0.25, 0.3) is 0 Å². The number of rotatable bonds is 16. The summed E-state index contributed by atoms with van der Waals surface area (Å²) in [6, 6.07) is -0.598. The molecule has 1 rings (SSSR count). The van der Waals surface area contributed by atoms with Crippen LogP contribution in [0.5, 0.6) is 0 Å². The summed E-state index contributed by atoms with van der Waals surface area (Å²) in [7, 11) is 0. The van der Waals surface area contributed by atoms with E-state index in [0.717, 1.165) is 57.1 Å². The Morgan fingerprint density at radius 3 is 2.35 bits per heavy atom. The molecule has 0 aliphatic rings. The number of aromatic amines is 1. The second kappa shape index (κ2) is 13.9. The number of carbonyl (C=O) groups excluding carboxylic acids is 2. The summed E-state index contributed by atoms with van der Waals surface area (Å²) in [5.74, 6) is -0.910. The number of aliphatic carboxylic acids is 1. The van der Waals surface area contributed by atoms with Crippen LogP contribution in [0, 0.1) is 0 Å². The summed E-state index contributed by atoms with van der Waals surface area (Å²) in [5.41, 5.74) is 0.794. The maximum Gasteiger partial charge on any atom is 0.303 e. The second-order valence-electron chi connectivity index (χ2n) is 6.38. The van der Waals surface area contributed by atoms with Gasteiger partial charge in [0.05, 0.1) is 6.33 Å². The summed E-state index contributed by atoms with van der Waals surface area (Å²) in [5, 5.41) is 13.9. The molecule has 0 fully saturated rings. The van der Waals surface area contributed by atoms with Crippen LogP contribution in [-0.4, -0.2) is 45.9 Å². The SMILES string of the molecule is O=CN[C@@H](Cc1cnc[nH]1)C(=O)NCCCCCCCCCCC(=O)O. The van der Waals surface area contributed by atoms with Crippen molar-refractivity contribution in [2.24, 2.45) is 0 Å². The molecule has 8 heteroatoms. The summed E-state index contributed by atoms with van der Waals surface area (Å²) >= 11 is 0. The first-order chi connectivity index (χ1) is 12.6. The standard InChI is InChI=1S/C18H30N4O4/c23-14-22-16(11-15-12-19-13-21-15)18(26)20-10-8-6-4-2-1-3-5-7-9-17(24)25/h12-14,16H,1-11H2,(H,19,21)(H,20,26)(H,22,23)(H,24,25)/t16-/m0/s1. The molecule has 4 N–H and O–H groups in total. The fourth-order valence-electron chi connectivity index (χ4n) is 2.72. The molecule has 0 radical (unpaired) electrons. The number of carbonyl (C=O) groups is 3. The molecule has 0 spiro atoms. The first-order valence-corrected chi connectivity index (χ1v) is 9.30. The molecule has 0 unspecified atom stereocenters. The van der Waals surface area contributed by atoms with Gasteiger partial charge in [0, 0.05) is 31.3 Å². The van der Waals surface area contributed by atoms with Gasteiger partial charge < -0.3 is 20.7 Å². The van der Waals surface area contributed by atoms with Crippen LogP contribution in [0.15, 0.2) is 12.5 Å². The topological polar surface area (TPSA) is 124 Å². The van der Waals surface area contributed by atoms with Gasteiger partial charge in [0.1, 0.15) is 6.04 Å². The van der Waals surface area contributed by atoms with E-state index in [0.29, 0.717) is 19.4 Å². The molecule has 0 saturated carbocycles. The molecule has 0 aromatic carbocycles. The van der Waals surface area contributed by atoms with Crippen LogP contribution < -0.4 is 10.6 Å². The van der Waals surface area contributed by atoms with E-state index in [1.165, 1.54) is 6.33 Å². The van der Waals surface area contributed by atoms with Gasteiger partial charge in [-0.2, -0.15) is 0 Å². The normalized spacial score (nSPS) is 11.7. The monoisotopic (exact) mass is 366 g/mol. The van der Waals surface area contributed by atoms with E-state index >= 15 is 0 Å². The Bertz CT molecular complexity index is 519. The molecule has 8 nitrogen and oxygen atoms in total. The van der Waals surface area contributed by atoms with Gasteiger partial charge in [-0.05, 0) is 12.8 Å². The fourth-order valence-corrected chi connectivity index (χ4v) is 2.72. The van der Waals surface area contributed by atoms with E-state index in [1.54, 1.807) is 6.20 Å². The van der Waals surface area contributed by atoms with Crippen molar-refractivity contribution >= 4 is 18.3 Å². The quantitative estimate of drug-likeness (QED) is 0.262. The Labute approximate surface area is 154 Å². The highest BCUT2D eigenvalue weighted by Crippen LogP contribution is 2.09. The van der Waals surface area contributed by atoms with Crippen molar-refractivity contribution in [2.75, 3.05) is 6.54 Å². The molecular weight excluding hydrogens is 336 g/mol. The van der Waals surface area contributed by atoms with Crippen molar-refractivity contribution < 1.29 is 19.5 Å². The van der Waals surface area contributed by atoms with Crippen molar-refractivity contribution in [3.05, 3.63) is 18.2 Å². The van der Waals surface area contributed by atoms with E-state index in [-0.39, 0.29) is 12.3 Å². The molecule has 1 aromatic rings. The summed E-state index contributed by atoms with van der Waals surface area (Å²) in [6.45, 7) is 0.595. The lowest BCUT2D eigenvalue weighted by Crippen LogP contribution is -2.45. The predicted octanol–water partition coefficient (Wildman–Crippen LogP) is 1.78. The van der Waals surface area contributed by atoms with E-state index < -0.39 is 12.0 Å². The minimum absolute atomic E-state index is 0.190. The minimum Gasteiger partial charge on any atom is -0.481 e. The van der Waals surface area contributed by atoms with Crippen LogP contribution in [0.3, 0.4) is 0 Å². The summed E-state index contributed by atoms with van der Waals surface area (Å²) in [4.78, 5) is 40.0. The molecule has 0 aliphatic heterocycles. The van der Waals surface area contributed by atoms with Gasteiger partial charge in [-0.25, -0.2) is 4.98 Å². The first kappa shape index (κ1) is 21.7. The number of aromatic nitrogens is 2. The largest absolute Gasteiger partial charge is 0.481 e. The number of H-pyrrole nitrogens is 1. The number of imidazole rings is 1. The highest BCUT2D eigenvalue weighted by Gasteiger charge is 2.18. The van der Waals surface area contributed by atoms with Crippen LogP contribution in [0.4, 0.5) is 0 Å². The number of nitrogens with one attached hydrogen (secondary N) is 3. The summed E-state index contributed by atoms with van der Waals surface area (Å²) < 4.78 is 0. The zero-order valence-corrected chi connectivity index (χ0v) is 15.2. The van der Waals surface area contributed by atoms with E-state index in [1.807, 2.05) is 0 Å². The van der Waals surface area contributed by atoms with Gasteiger partial charge in [0.15, 0.2) is 0 Å². The lowest BCUT2D eigenvalue weighted by molar-refractivity contribution is -0.137. The summed E-state index contributed by atoms with van der Waals surface area (Å²) in [6.07, 6.45) is 12.5. The second-order valence-corrected chi connectivity index (χ2v) is 6.38. The van der Waals surface area contributed by atoms with Gasteiger partial charge in [-0.1, -0.05) is 38.5 Å². The molecule has 0 aliphatic carbocycles. The zero-order chi connectivity index (χ0) is 19.0. The molecule has 1 heterocycles. The van der Waals surface area contributed by atoms with Gasteiger partial charge in [0.2, 0.25) is 12.3 Å². The van der Waals surface area contributed by atoms with Crippen LogP contribution >= 0.6 is 0 Å².